The lowest BCUT2D eigenvalue weighted by molar-refractivity contribution is -0.396. The van der Waals surface area contributed by atoms with Crippen LogP contribution in [0.15, 0.2) is 54.6 Å². The Labute approximate surface area is 302 Å². The molecule has 4 aromatic rings. The molecule has 0 bridgehead atoms. The predicted molar refractivity (Wildman–Crippen MR) is 161 cm³/mol. The molecule has 0 saturated carbocycles. The molecule has 0 aliphatic carbocycles. The quantitative estimate of drug-likeness (QED) is 0.0729. The maximum atomic E-state index is 13.5. The van der Waals surface area contributed by atoms with Crippen molar-refractivity contribution in [3.63, 3.8) is 0 Å². The van der Waals surface area contributed by atoms with Crippen LogP contribution in [0.2, 0.25) is 0 Å². The molecule has 0 heterocycles. The summed E-state index contributed by atoms with van der Waals surface area (Å²) in [6.07, 6.45) is -16.4. The van der Waals surface area contributed by atoms with Crippen molar-refractivity contribution in [2.24, 2.45) is 0 Å². The van der Waals surface area contributed by atoms with Crippen molar-refractivity contribution < 1.29 is 83.3 Å². The first kappa shape index (κ1) is 41.8. The van der Waals surface area contributed by atoms with Crippen LogP contribution < -0.4 is 14.2 Å². The molecular formula is C27H9F9N6O15. The molecule has 4 aromatic carbocycles. The SMILES string of the molecule is O=[N+]([O-])c1cc(C(F)(F)F)cc([N+](=O)[O-])c1Oc1cc(Oc2c([N+](=O)[O-])cc(C(F)(F)F)cc2[N+](=O)[O-])cc(Oc2c([N+](=O)[O-])cc(C(F)(F)F)cc2[N+](=O)[O-])c1. The Morgan fingerprint density at radius 2 is 0.491 bits per heavy atom. The highest BCUT2D eigenvalue weighted by molar-refractivity contribution is 5.67. The summed E-state index contributed by atoms with van der Waals surface area (Å²) < 4.78 is 136. The topological polar surface area (TPSA) is 287 Å². The van der Waals surface area contributed by atoms with Crippen LogP contribution in [0.3, 0.4) is 0 Å². The van der Waals surface area contributed by atoms with Crippen LogP contribution in [-0.4, -0.2) is 29.5 Å². The van der Waals surface area contributed by atoms with Crippen molar-refractivity contribution in [1.82, 2.24) is 0 Å². The summed E-state index contributed by atoms with van der Waals surface area (Å²) in [7, 11) is 0. The van der Waals surface area contributed by atoms with Crippen LogP contribution in [-0.2, 0) is 18.5 Å². The van der Waals surface area contributed by atoms with Crippen LogP contribution in [0.25, 0.3) is 0 Å². The van der Waals surface area contributed by atoms with Crippen LogP contribution >= 0.6 is 0 Å². The molecule has 0 aliphatic heterocycles. The van der Waals surface area contributed by atoms with Crippen molar-refractivity contribution in [1.29, 1.82) is 0 Å². The summed E-state index contributed by atoms with van der Waals surface area (Å²) in [6.45, 7) is 0. The van der Waals surface area contributed by atoms with E-state index in [-0.39, 0.29) is 36.4 Å². The van der Waals surface area contributed by atoms with E-state index in [0.29, 0.717) is 18.2 Å². The van der Waals surface area contributed by atoms with Gasteiger partial charge in [-0.1, -0.05) is 0 Å². The highest BCUT2D eigenvalue weighted by Crippen LogP contribution is 2.50. The minimum Gasteiger partial charge on any atom is -0.444 e. The average Bonchev–Trinajstić information content (AvgIpc) is 3.06. The lowest BCUT2D eigenvalue weighted by atomic mass is 10.1. The number of hydrogen-bond acceptors (Lipinski definition) is 15. The van der Waals surface area contributed by atoms with Gasteiger partial charge >= 0.3 is 52.7 Å². The summed E-state index contributed by atoms with van der Waals surface area (Å²) >= 11 is 0. The fraction of sp³-hybridized carbons (Fsp3) is 0.111. The van der Waals surface area contributed by atoms with E-state index in [0.717, 1.165) is 0 Å². The Morgan fingerprint density at radius 3 is 0.614 bits per heavy atom. The molecular weight excluding hydrogens is 819 g/mol. The second-order valence-electron chi connectivity index (χ2n) is 10.5. The van der Waals surface area contributed by atoms with Gasteiger partial charge in [0, 0.05) is 54.6 Å². The van der Waals surface area contributed by atoms with Crippen molar-refractivity contribution in [2.45, 2.75) is 18.5 Å². The molecule has 0 N–H and O–H groups in total. The monoisotopic (exact) mass is 828 g/mol. The lowest BCUT2D eigenvalue weighted by Crippen LogP contribution is -2.09. The van der Waals surface area contributed by atoms with E-state index in [4.69, 9.17) is 14.2 Å². The molecule has 0 fully saturated rings. The number of nitro benzene ring substituents is 6. The Bertz CT molecular complexity index is 2020. The van der Waals surface area contributed by atoms with Gasteiger partial charge in [-0.3, -0.25) is 60.7 Å². The van der Waals surface area contributed by atoms with Gasteiger partial charge in [-0.25, -0.2) is 0 Å². The predicted octanol–water partition coefficient (Wildman–Crippen LogP) is 9.57. The van der Waals surface area contributed by atoms with E-state index in [2.05, 4.69) is 0 Å². The number of benzene rings is 4. The van der Waals surface area contributed by atoms with Crippen molar-refractivity contribution >= 4 is 34.1 Å². The second-order valence-corrected chi connectivity index (χ2v) is 10.5. The van der Waals surface area contributed by atoms with Gasteiger partial charge in [-0.2, -0.15) is 39.5 Å². The van der Waals surface area contributed by atoms with Crippen LogP contribution in [0.4, 0.5) is 73.6 Å². The van der Waals surface area contributed by atoms with Gasteiger partial charge in [0.25, 0.3) is 17.2 Å². The number of halogens is 9. The Kier molecular flexibility index (Phi) is 10.8. The molecule has 0 spiro atoms. The van der Waals surface area contributed by atoms with Crippen LogP contribution in [0.1, 0.15) is 16.7 Å². The standard InChI is InChI=1S/C27H9F9N6O15/c28-25(29,30)10-1-16(37(43)44)22(17(2-10)38(45)46)55-13-7-14(56-23-18(39(47)48)3-11(26(31,32)33)4-19(23)40(49)50)9-15(8-13)57-24-20(41(51)52)5-12(27(34,35)36)6-21(24)42(53)54/h1-9H. The maximum absolute atomic E-state index is 13.5. The van der Waals surface area contributed by atoms with Gasteiger partial charge in [0.05, 0.1) is 46.2 Å². The minimum atomic E-state index is -5.46. The lowest BCUT2D eigenvalue weighted by Gasteiger charge is -2.15. The molecule has 4 rings (SSSR count). The zero-order valence-electron chi connectivity index (χ0n) is 26.4. The van der Waals surface area contributed by atoms with E-state index in [9.17, 15) is 100 Å². The molecule has 0 radical (unpaired) electrons. The van der Waals surface area contributed by atoms with E-state index in [1.54, 1.807) is 0 Å². The number of nitro groups is 6. The van der Waals surface area contributed by atoms with E-state index in [1.165, 1.54) is 0 Å². The smallest absolute Gasteiger partial charge is 0.416 e. The second kappa shape index (κ2) is 14.7. The molecule has 0 aromatic heterocycles. The van der Waals surface area contributed by atoms with E-state index < -0.39 is 133 Å². The molecule has 57 heavy (non-hydrogen) atoms. The van der Waals surface area contributed by atoms with Gasteiger partial charge in [-0.05, 0) is 0 Å². The Morgan fingerprint density at radius 1 is 0.333 bits per heavy atom. The van der Waals surface area contributed by atoms with Gasteiger partial charge in [-0.15, -0.1) is 0 Å². The Balaban J connectivity index is 2.08. The number of ether oxygens (including phenoxy) is 3. The van der Waals surface area contributed by atoms with Crippen molar-refractivity contribution in [3.05, 3.63) is 132 Å². The van der Waals surface area contributed by atoms with Crippen molar-refractivity contribution in [2.75, 3.05) is 0 Å². The molecule has 0 atom stereocenters. The van der Waals surface area contributed by atoms with Gasteiger partial charge in [0.15, 0.2) is 0 Å². The number of alkyl halides is 9. The van der Waals surface area contributed by atoms with Crippen LogP contribution in [0.5, 0.6) is 34.5 Å². The summed E-state index contributed by atoms with van der Waals surface area (Å²) in [5, 5.41) is 70.5. The molecule has 0 saturated heterocycles. The fourth-order valence-electron chi connectivity index (χ4n) is 4.49. The first-order valence-corrected chi connectivity index (χ1v) is 13.9. The number of rotatable bonds is 12. The third kappa shape index (κ3) is 9.06. The summed E-state index contributed by atoms with van der Waals surface area (Å²) in [5.74, 6) is -8.66. The fourth-order valence-corrected chi connectivity index (χ4v) is 4.49. The molecule has 0 unspecified atom stereocenters. The number of nitrogens with zero attached hydrogens (tertiary/aromatic N) is 6. The molecule has 300 valence electrons. The van der Waals surface area contributed by atoms with E-state index >= 15 is 0 Å². The third-order valence-corrected chi connectivity index (χ3v) is 6.82. The molecule has 0 amide bonds. The summed E-state index contributed by atoms with van der Waals surface area (Å²) in [5.41, 5.74) is -16.7. The summed E-state index contributed by atoms with van der Waals surface area (Å²) in [4.78, 5) is 60.8. The third-order valence-electron chi connectivity index (χ3n) is 6.82. The van der Waals surface area contributed by atoms with Gasteiger partial charge < -0.3 is 14.2 Å². The maximum Gasteiger partial charge on any atom is 0.416 e. The highest BCUT2D eigenvalue weighted by atomic mass is 19.4. The van der Waals surface area contributed by atoms with Crippen molar-refractivity contribution in [3.8, 4) is 34.5 Å². The summed E-state index contributed by atoms with van der Waals surface area (Å²) in [6, 6.07) is -0.647. The van der Waals surface area contributed by atoms with Gasteiger partial charge in [0.1, 0.15) is 17.2 Å². The first-order valence-electron chi connectivity index (χ1n) is 13.9. The zero-order chi connectivity index (χ0) is 43.1. The molecule has 0 aliphatic rings. The molecule has 30 heteroatoms. The van der Waals surface area contributed by atoms with Gasteiger partial charge in [0.2, 0.25) is 0 Å². The molecule has 21 nitrogen and oxygen atoms in total. The average molecular weight is 828 g/mol. The van der Waals surface area contributed by atoms with E-state index in [1.807, 2.05) is 0 Å². The zero-order valence-corrected chi connectivity index (χ0v) is 26.4. The van der Waals surface area contributed by atoms with Crippen LogP contribution in [0, 0.1) is 60.7 Å². The largest absolute Gasteiger partial charge is 0.444 e. The number of hydrogen-bond donors (Lipinski definition) is 0. The first-order chi connectivity index (χ1) is 26.1. The normalized spacial score (nSPS) is 11.7. The Hall–Kier alpha value is -7.95. The highest BCUT2D eigenvalue weighted by Gasteiger charge is 2.42. The minimum absolute atomic E-state index is 0.260.